The summed E-state index contributed by atoms with van der Waals surface area (Å²) in [6, 6.07) is 6.37. The van der Waals surface area contributed by atoms with Crippen molar-refractivity contribution in [2.75, 3.05) is 38.7 Å². The molecule has 3 N–H and O–H groups in total. The third-order valence-electron chi connectivity index (χ3n) is 6.97. The number of pyridine rings is 1. The Morgan fingerprint density at radius 3 is 3.05 bits per heavy atom. The van der Waals surface area contributed by atoms with Gasteiger partial charge in [-0.1, -0.05) is 0 Å². The molecular formula is C26H26FIN5O5-. The standard InChI is InChI=1S/C26H26FIN5O5/c1-36-24-16(27)5-2-6-18(24)31-23-20-22-17(10-30-25(20)34)28-38-26(35)33-9-3-4-14(12-33)13-37-19-11-29-8-7-15(19)21(23)32-22/h2,5-8,11,14,17,31-32H,3-4,9-10,12-13H2,1H3,(H,30,34)/q-1/t14?,17-/m1/s1. The van der Waals surface area contributed by atoms with E-state index in [2.05, 4.69) is 20.6 Å². The molecule has 0 spiro atoms. The second kappa shape index (κ2) is 10.3. The molecule has 3 aliphatic rings. The summed E-state index contributed by atoms with van der Waals surface area (Å²) >= 11 is -1.11. The van der Waals surface area contributed by atoms with E-state index in [0.29, 0.717) is 65.9 Å². The fourth-order valence-electron chi connectivity index (χ4n) is 5.13. The Morgan fingerprint density at radius 2 is 2.18 bits per heavy atom. The predicted molar refractivity (Wildman–Crippen MR) is 132 cm³/mol. The van der Waals surface area contributed by atoms with Crippen LogP contribution in [0.5, 0.6) is 11.5 Å². The van der Waals surface area contributed by atoms with Crippen molar-refractivity contribution >= 4 is 23.4 Å². The number of anilines is 2. The zero-order valence-corrected chi connectivity index (χ0v) is 22.7. The molecule has 1 saturated heterocycles. The van der Waals surface area contributed by atoms with Gasteiger partial charge < -0.3 is 0 Å². The number of carbonyl (C=O) groups excluding carboxylic acids is 2. The predicted octanol–water partition coefficient (Wildman–Crippen LogP) is 0.997. The summed E-state index contributed by atoms with van der Waals surface area (Å²) < 4.78 is 31.7. The number of amides is 2. The van der Waals surface area contributed by atoms with Gasteiger partial charge in [-0.25, -0.2) is 0 Å². The van der Waals surface area contributed by atoms with Gasteiger partial charge in [0.25, 0.3) is 0 Å². The summed E-state index contributed by atoms with van der Waals surface area (Å²) in [5.41, 5.74) is 3.17. The first-order valence-electron chi connectivity index (χ1n) is 12.3. The van der Waals surface area contributed by atoms with Crippen molar-refractivity contribution in [3.63, 3.8) is 0 Å². The molecule has 6 rings (SSSR count). The molecule has 2 atom stereocenters. The van der Waals surface area contributed by atoms with E-state index in [9.17, 15) is 14.0 Å². The molecule has 5 heterocycles. The number of aromatic nitrogens is 2. The van der Waals surface area contributed by atoms with Crippen LogP contribution in [0.3, 0.4) is 0 Å². The third kappa shape index (κ3) is 4.50. The number of nitrogens with zero attached hydrogens (tertiary/aromatic N) is 2. The fraction of sp³-hybridized carbons (Fsp3) is 0.346. The van der Waals surface area contributed by atoms with Crippen LogP contribution >= 0.6 is 0 Å². The quantitative estimate of drug-likeness (QED) is 0.291. The molecule has 0 saturated carbocycles. The number of fused-ring (bicyclic) bond motifs is 5. The van der Waals surface area contributed by atoms with Gasteiger partial charge in [0.15, 0.2) is 0 Å². The van der Waals surface area contributed by atoms with E-state index in [0.717, 1.165) is 12.8 Å². The number of hydrogen-bond acceptors (Lipinski definition) is 7. The van der Waals surface area contributed by atoms with Crippen molar-refractivity contribution in [2.45, 2.75) is 16.8 Å². The van der Waals surface area contributed by atoms with E-state index in [-0.39, 0.29) is 27.6 Å². The van der Waals surface area contributed by atoms with Crippen LogP contribution in [0.15, 0.2) is 36.7 Å². The van der Waals surface area contributed by atoms with Gasteiger partial charge in [0.1, 0.15) is 0 Å². The van der Waals surface area contributed by atoms with Crippen molar-refractivity contribution in [2.24, 2.45) is 5.92 Å². The van der Waals surface area contributed by atoms with Gasteiger partial charge in [-0.3, -0.25) is 0 Å². The van der Waals surface area contributed by atoms with E-state index in [4.69, 9.17) is 12.5 Å². The van der Waals surface area contributed by atoms with Gasteiger partial charge in [0, 0.05) is 0 Å². The van der Waals surface area contributed by atoms with Crippen LogP contribution in [-0.4, -0.2) is 60.2 Å². The summed E-state index contributed by atoms with van der Waals surface area (Å²) in [5.74, 6) is -0.0859. The molecule has 1 aromatic carbocycles. The monoisotopic (exact) mass is 634 g/mol. The molecule has 2 amide bonds. The molecule has 0 radical (unpaired) electrons. The summed E-state index contributed by atoms with van der Waals surface area (Å²) in [4.78, 5) is 35.6. The number of nitrogens with one attached hydrogen (secondary N) is 3. The van der Waals surface area contributed by atoms with Gasteiger partial charge >= 0.3 is 230 Å². The summed E-state index contributed by atoms with van der Waals surface area (Å²) in [5, 5.41) is 6.19. The zero-order valence-electron chi connectivity index (χ0n) is 20.6. The Kier molecular flexibility index (Phi) is 6.72. The van der Waals surface area contributed by atoms with E-state index in [1.54, 1.807) is 29.4 Å². The van der Waals surface area contributed by atoms with Crippen LogP contribution in [0.1, 0.15) is 32.8 Å². The van der Waals surface area contributed by atoms with Crippen molar-refractivity contribution in [1.82, 2.24) is 20.2 Å². The van der Waals surface area contributed by atoms with Gasteiger partial charge in [-0.2, -0.15) is 0 Å². The van der Waals surface area contributed by atoms with Crippen LogP contribution in [-0.2, 0) is 3.07 Å². The second-order valence-corrected chi connectivity index (χ2v) is 11.8. The van der Waals surface area contributed by atoms with E-state index in [1.807, 2.05) is 6.07 Å². The van der Waals surface area contributed by atoms with E-state index in [1.165, 1.54) is 13.2 Å². The first-order valence-corrected chi connectivity index (χ1v) is 14.5. The molecule has 3 aliphatic heterocycles. The van der Waals surface area contributed by atoms with Crippen molar-refractivity contribution in [3.05, 3.63) is 53.7 Å². The minimum absolute atomic E-state index is 0.0286. The molecule has 1 unspecified atom stereocenters. The number of alkyl halides is 1. The van der Waals surface area contributed by atoms with Gasteiger partial charge in [0.05, 0.1) is 0 Å². The first-order chi connectivity index (χ1) is 18.5. The average Bonchev–Trinajstić information content (AvgIpc) is 3.31. The third-order valence-corrected chi connectivity index (χ3v) is 9.27. The van der Waals surface area contributed by atoms with Crippen molar-refractivity contribution in [3.8, 4) is 22.8 Å². The molecule has 2 aromatic heterocycles. The number of hydrogen-bond donors (Lipinski definition) is 3. The molecule has 12 heteroatoms. The summed E-state index contributed by atoms with van der Waals surface area (Å²) in [6.45, 7) is 1.97. The maximum atomic E-state index is 14.5. The SMILES string of the molecule is COc1c(F)cccc1Nc1c2[nH]c3c1C(=O)NC[C@H]3[I-]OC(=O)N1CCCC(COc3cnccc3-2)C1. The van der Waals surface area contributed by atoms with Gasteiger partial charge in [0.2, 0.25) is 0 Å². The molecule has 10 nitrogen and oxygen atoms in total. The van der Waals surface area contributed by atoms with Gasteiger partial charge in [-0.05, 0) is 0 Å². The van der Waals surface area contributed by atoms with Crippen LogP contribution in [0.4, 0.5) is 20.6 Å². The van der Waals surface area contributed by atoms with Crippen LogP contribution in [0, 0.1) is 11.7 Å². The minimum atomic E-state index is -1.11. The number of para-hydroxylation sites is 1. The Bertz CT molecular complexity index is 1400. The fourth-order valence-corrected chi connectivity index (χ4v) is 7.06. The number of piperidine rings is 1. The van der Waals surface area contributed by atoms with Crippen LogP contribution < -0.4 is 41.7 Å². The number of rotatable bonds is 3. The maximum absolute atomic E-state index is 14.5. The zero-order chi connectivity index (χ0) is 26.2. The number of ether oxygens (including phenoxy) is 2. The number of carbonyl (C=O) groups is 2. The Labute approximate surface area is 229 Å². The van der Waals surface area contributed by atoms with Crippen molar-refractivity contribution in [1.29, 1.82) is 0 Å². The number of aromatic amines is 1. The number of benzene rings is 1. The number of H-pyrrole nitrogens is 1. The number of methoxy groups -OCH3 is 1. The van der Waals surface area contributed by atoms with E-state index >= 15 is 0 Å². The van der Waals surface area contributed by atoms with Crippen molar-refractivity contribution < 1.29 is 48.1 Å². The topological polar surface area (TPSA) is 118 Å². The first kappa shape index (κ1) is 24.8. The Balaban J connectivity index is 1.51. The van der Waals surface area contributed by atoms with E-state index < -0.39 is 27.4 Å². The van der Waals surface area contributed by atoms with Gasteiger partial charge in [-0.15, -0.1) is 0 Å². The Morgan fingerprint density at radius 1 is 1.29 bits per heavy atom. The summed E-state index contributed by atoms with van der Waals surface area (Å²) in [6.07, 6.45) is 4.80. The molecule has 4 bridgehead atoms. The number of halogens is 2. The molecular weight excluding hydrogens is 608 g/mol. The molecule has 0 aliphatic carbocycles. The molecule has 38 heavy (non-hydrogen) atoms. The van der Waals surface area contributed by atoms with Crippen LogP contribution in [0.2, 0.25) is 0 Å². The normalized spacial score (nSPS) is 21.1. The second-order valence-electron chi connectivity index (χ2n) is 9.36. The molecule has 1 fully saturated rings. The van der Waals surface area contributed by atoms with Crippen LogP contribution in [0.25, 0.3) is 11.3 Å². The molecule has 200 valence electrons. The average molecular weight is 634 g/mol. The Hall–Kier alpha value is -3.55. The molecule has 3 aromatic rings. The summed E-state index contributed by atoms with van der Waals surface area (Å²) in [7, 11) is 1.39.